The summed E-state index contributed by atoms with van der Waals surface area (Å²) in [6.45, 7) is 12.6. The minimum absolute atomic E-state index is 0.191. The Kier molecular flexibility index (Phi) is 7.71. The summed E-state index contributed by atoms with van der Waals surface area (Å²) in [5.41, 5.74) is 0.508. The van der Waals surface area contributed by atoms with E-state index in [0.717, 1.165) is 32.1 Å². The van der Waals surface area contributed by atoms with E-state index < -0.39 is 0 Å². The summed E-state index contributed by atoms with van der Waals surface area (Å²) in [7, 11) is 0. The second kappa shape index (κ2) is 10.4. The van der Waals surface area contributed by atoms with Crippen LogP contribution in [0, 0.1) is 52.3 Å². The number of hydrogen-bond donors (Lipinski definition) is 2. The molecule has 1 unspecified atom stereocenters. The molecule has 36 heavy (non-hydrogen) atoms. The molecule has 0 aromatic heterocycles. The van der Waals surface area contributed by atoms with Gasteiger partial charge in [-0.1, -0.05) is 34.1 Å². The van der Waals surface area contributed by atoms with Crippen LogP contribution in [0.2, 0.25) is 0 Å². The quantitative estimate of drug-likeness (QED) is 0.543. The van der Waals surface area contributed by atoms with Crippen molar-refractivity contribution in [3.63, 3.8) is 0 Å². The number of carbonyl (C=O) groups excluding carboxylic acids is 1. The van der Waals surface area contributed by atoms with Gasteiger partial charge in [0.2, 0.25) is 0 Å². The highest BCUT2D eigenvalue weighted by molar-refractivity contribution is 5.67. The second-order valence-electron chi connectivity index (χ2n) is 13.6. The lowest BCUT2D eigenvalue weighted by Crippen LogP contribution is -2.62. The van der Waals surface area contributed by atoms with Gasteiger partial charge < -0.3 is 24.6 Å². The van der Waals surface area contributed by atoms with Crippen LogP contribution in [0.15, 0.2) is 0 Å². The highest BCUT2D eigenvalue weighted by atomic mass is 16.6. The lowest BCUT2D eigenvalue weighted by molar-refractivity contribution is -0.203. The van der Waals surface area contributed by atoms with Crippen molar-refractivity contribution in [3.05, 3.63) is 0 Å². The van der Waals surface area contributed by atoms with Crippen LogP contribution in [0.1, 0.15) is 85.5 Å². The Morgan fingerprint density at radius 1 is 1.03 bits per heavy atom. The molecule has 0 spiro atoms. The van der Waals surface area contributed by atoms with Crippen molar-refractivity contribution in [3.8, 4) is 0 Å². The fourth-order valence-electron chi connectivity index (χ4n) is 10.3. The van der Waals surface area contributed by atoms with E-state index in [-0.39, 0.29) is 29.1 Å². The molecular formula is C30H51NO5. The predicted molar refractivity (Wildman–Crippen MR) is 139 cm³/mol. The third kappa shape index (κ3) is 4.41. The number of nitrogens with zero attached hydrogens (tertiary/aromatic N) is 1. The van der Waals surface area contributed by atoms with Crippen LogP contribution >= 0.6 is 0 Å². The van der Waals surface area contributed by atoms with Crippen LogP contribution in [-0.2, 0) is 9.47 Å². The Bertz CT molecular complexity index is 785. The molecule has 206 valence electrons. The zero-order valence-corrected chi connectivity index (χ0v) is 23.2. The van der Waals surface area contributed by atoms with Gasteiger partial charge in [0.05, 0.1) is 32.0 Å². The molecule has 6 heteroatoms. The first-order chi connectivity index (χ1) is 17.2. The van der Waals surface area contributed by atoms with Crippen LogP contribution in [0.25, 0.3) is 0 Å². The largest absolute Gasteiger partial charge is 0.449 e. The normalized spacial score (nSPS) is 47.4. The molecule has 5 fully saturated rings. The fourth-order valence-corrected chi connectivity index (χ4v) is 10.3. The minimum Gasteiger partial charge on any atom is -0.449 e. The molecule has 11 atom stereocenters. The molecule has 2 N–H and O–H groups in total. The number of rotatable bonds is 5. The summed E-state index contributed by atoms with van der Waals surface area (Å²) in [4.78, 5) is 14.2. The Hall–Kier alpha value is -0.850. The van der Waals surface area contributed by atoms with Gasteiger partial charge in [0.1, 0.15) is 0 Å². The van der Waals surface area contributed by atoms with Crippen LogP contribution < -0.4 is 0 Å². The number of carbonyl (C=O) groups is 1. The third-order valence-corrected chi connectivity index (χ3v) is 12.2. The summed E-state index contributed by atoms with van der Waals surface area (Å²) < 4.78 is 11.0. The van der Waals surface area contributed by atoms with E-state index in [1.165, 1.54) is 25.7 Å². The van der Waals surface area contributed by atoms with Crippen molar-refractivity contribution in [2.45, 2.75) is 97.7 Å². The molecular weight excluding hydrogens is 454 g/mol. The first-order valence-electron chi connectivity index (χ1n) is 15.1. The molecule has 1 aliphatic heterocycles. The highest BCUT2D eigenvalue weighted by Crippen LogP contribution is 2.69. The van der Waals surface area contributed by atoms with Crippen LogP contribution in [0.4, 0.5) is 4.79 Å². The topological polar surface area (TPSA) is 79.2 Å². The van der Waals surface area contributed by atoms with Crippen molar-refractivity contribution >= 4 is 6.09 Å². The number of aliphatic hydroxyl groups is 2. The van der Waals surface area contributed by atoms with Crippen LogP contribution in [0.5, 0.6) is 0 Å². The molecule has 1 saturated heterocycles. The molecule has 4 aliphatic carbocycles. The summed E-state index contributed by atoms with van der Waals surface area (Å²) in [6, 6.07) is 0. The molecule has 0 aromatic rings. The van der Waals surface area contributed by atoms with Gasteiger partial charge in [0.15, 0.2) is 0 Å². The average Bonchev–Trinajstić information content (AvgIpc) is 3.23. The van der Waals surface area contributed by atoms with E-state index >= 15 is 0 Å². The summed E-state index contributed by atoms with van der Waals surface area (Å²) in [5, 5.41) is 22.4. The van der Waals surface area contributed by atoms with E-state index in [1.54, 1.807) is 4.90 Å². The van der Waals surface area contributed by atoms with Crippen LogP contribution in [0.3, 0.4) is 0 Å². The fraction of sp³-hybridized carbons (Fsp3) is 0.967. The smallest absolute Gasteiger partial charge is 0.409 e. The monoisotopic (exact) mass is 505 g/mol. The Morgan fingerprint density at radius 3 is 2.44 bits per heavy atom. The summed E-state index contributed by atoms with van der Waals surface area (Å²) in [5.74, 6) is 3.43. The second-order valence-corrected chi connectivity index (χ2v) is 13.6. The molecule has 1 heterocycles. The van der Waals surface area contributed by atoms with E-state index in [2.05, 4.69) is 27.7 Å². The van der Waals surface area contributed by atoms with Gasteiger partial charge in [-0.15, -0.1) is 0 Å². The maximum Gasteiger partial charge on any atom is 0.409 e. The number of amides is 1. The first-order valence-corrected chi connectivity index (χ1v) is 15.1. The van der Waals surface area contributed by atoms with Crippen molar-refractivity contribution in [1.29, 1.82) is 0 Å². The predicted octanol–water partition coefficient (Wildman–Crippen LogP) is 5.11. The maximum absolute atomic E-state index is 12.4. The molecule has 5 rings (SSSR count). The van der Waals surface area contributed by atoms with Gasteiger partial charge in [0.25, 0.3) is 0 Å². The maximum atomic E-state index is 12.4. The average molecular weight is 506 g/mol. The third-order valence-electron chi connectivity index (χ3n) is 12.2. The van der Waals surface area contributed by atoms with E-state index in [9.17, 15) is 15.0 Å². The van der Waals surface area contributed by atoms with Gasteiger partial charge in [-0.3, -0.25) is 0 Å². The summed E-state index contributed by atoms with van der Waals surface area (Å²) >= 11 is 0. The molecule has 0 bridgehead atoms. The lowest BCUT2D eigenvalue weighted by Gasteiger charge is -2.64. The first kappa shape index (κ1) is 26.7. The van der Waals surface area contributed by atoms with Crippen molar-refractivity contribution in [2.24, 2.45) is 52.3 Å². The molecule has 0 aromatic carbocycles. The van der Waals surface area contributed by atoms with Crippen molar-refractivity contribution in [1.82, 2.24) is 4.90 Å². The van der Waals surface area contributed by atoms with Gasteiger partial charge in [0, 0.05) is 13.1 Å². The van der Waals surface area contributed by atoms with E-state index in [4.69, 9.17) is 9.47 Å². The molecule has 6 nitrogen and oxygen atoms in total. The van der Waals surface area contributed by atoms with Crippen molar-refractivity contribution < 1.29 is 24.5 Å². The van der Waals surface area contributed by atoms with Crippen LogP contribution in [-0.4, -0.2) is 66.3 Å². The Balaban J connectivity index is 1.26. The van der Waals surface area contributed by atoms with E-state index in [0.29, 0.717) is 74.3 Å². The zero-order chi connectivity index (χ0) is 25.7. The lowest BCUT2D eigenvalue weighted by atomic mass is 9.41. The van der Waals surface area contributed by atoms with Crippen molar-refractivity contribution in [2.75, 3.05) is 32.9 Å². The standard InChI is InChI=1S/C30H51NO5/c1-5-21-25-18-20(32)8-11-30(25,4)24-9-12-29(3)22(6-7-23(29)26(24)27(21)33)19(2)10-15-36-28(34)31-13-16-35-17-14-31/h19-27,32-33H,5-18H2,1-4H3/t19-,20-,21-,22?,23+,24+,25+,26+,27-,29-,30-/m1/s1. The van der Waals surface area contributed by atoms with Gasteiger partial charge in [-0.25, -0.2) is 4.79 Å². The molecule has 4 saturated carbocycles. The number of aliphatic hydroxyl groups excluding tert-OH is 2. The Labute approximate surface area is 218 Å². The van der Waals surface area contributed by atoms with Gasteiger partial charge in [-0.05, 0) is 104 Å². The molecule has 5 aliphatic rings. The summed E-state index contributed by atoms with van der Waals surface area (Å²) in [6.07, 6.45) is 9.11. The molecule has 0 radical (unpaired) electrons. The van der Waals surface area contributed by atoms with E-state index in [1.807, 2.05) is 0 Å². The number of hydrogen-bond acceptors (Lipinski definition) is 5. The van der Waals surface area contributed by atoms with Gasteiger partial charge >= 0.3 is 6.09 Å². The Morgan fingerprint density at radius 2 is 1.72 bits per heavy atom. The molecule has 1 amide bonds. The zero-order valence-electron chi connectivity index (χ0n) is 23.2. The number of ether oxygens (including phenoxy) is 2. The SMILES string of the molecule is CC[C@H]1[C@@H](O)[C@@H]2[C@H](CC[C@]3(C)C([C@H](C)CCOC(=O)N4CCOCC4)CC[C@@H]23)[C@@]2(C)CC[C@@H](O)C[C@@H]12. The number of morpholine rings is 1. The minimum atomic E-state index is -0.239. The number of fused-ring (bicyclic) bond motifs is 5. The van der Waals surface area contributed by atoms with Gasteiger partial charge in [-0.2, -0.15) is 0 Å². The highest BCUT2D eigenvalue weighted by Gasteiger charge is 2.64.